The van der Waals surface area contributed by atoms with Crippen molar-refractivity contribution in [2.45, 2.75) is 104 Å². The fourth-order valence-corrected chi connectivity index (χ4v) is 7.57. The molecule has 5 atom stereocenters. The van der Waals surface area contributed by atoms with Crippen LogP contribution in [-0.4, -0.2) is 51.7 Å². The number of alkyl carbamates (subject to hydrolysis) is 1. The van der Waals surface area contributed by atoms with E-state index in [1.54, 1.807) is 5.57 Å². The summed E-state index contributed by atoms with van der Waals surface area (Å²) >= 11 is 0. The van der Waals surface area contributed by atoms with Gasteiger partial charge in [-0.05, 0) is 79.6 Å². The Labute approximate surface area is 244 Å². The van der Waals surface area contributed by atoms with Crippen LogP contribution >= 0.6 is 0 Å². The molecule has 0 aromatic carbocycles. The van der Waals surface area contributed by atoms with Crippen molar-refractivity contribution in [3.63, 3.8) is 0 Å². The first kappa shape index (κ1) is 32.9. The second-order valence-electron chi connectivity index (χ2n) is 13.1. The van der Waals surface area contributed by atoms with Crippen molar-refractivity contribution in [1.82, 2.24) is 5.32 Å². The third kappa shape index (κ3) is 9.73. The number of hydrogen-bond donors (Lipinski definition) is 2. The second kappa shape index (κ2) is 16.7. The van der Waals surface area contributed by atoms with Gasteiger partial charge in [0.1, 0.15) is 6.10 Å². The van der Waals surface area contributed by atoms with Gasteiger partial charge in [-0.15, -0.1) is 0 Å². The Morgan fingerprint density at radius 3 is 2.60 bits per heavy atom. The summed E-state index contributed by atoms with van der Waals surface area (Å²) in [7, 11) is 0. The van der Waals surface area contributed by atoms with Crippen LogP contribution in [0.25, 0.3) is 0 Å². The minimum absolute atomic E-state index is 0.111. The van der Waals surface area contributed by atoms with Crippen molar-refractivity contribution >= 4 is 6.09 Å². The molecule has 3 rings (SSSR count). The quantitative estimate of drug-likeness (QED) is 0.205. The normalized spacial score (nSPS) is 29.6. The number of amides is 1. The lowest BCUT2D eigenvalue weighted by Crippen LogP contribution is -2.36. The molecular formula is C34H58N2O4. The van der Waals surface area contributed by atoms with E-state index in [-0.39, 0.29) is 12.2 Å². The maximum absolute atomic E-state index is 12.3. The van der Waals surface area contributed by atoms with Gasteiger partial charge in [0.15, 0.2) is 0 Å². The van der Waals surface area contributed by atoms with Crippen LogP contribution in [0.3, 0.4) is 0 Å². The number of carbonyl (C=O) groups excluding carboxylic acids is 1. The van der Waals surface area contributed by atoms with Crippen LogP contribution in [0.2, 0.25) is 0 Å². The van der Waals surface area contributed by atoms with Crippen LogP contribution in [0.15, 0.2) is 35.5 Å². The molecule has 0 heterocycles. The number of fused-ring (bicyclic) bond motifs is 1. The molecule has 0 saturated heterocycles. The zero-order chi connectivity index (χ0) is 29.0. The molecule has 0 bridgehead atoms. The van der Waals surface area contributed by atoms with Gasteiger partial charge in [0.2, 0.25) is 0 Å². The van der Waals surface area contributed by atoms with Crippen molar-refractivity contribution in [2.24, 2.45) is 34.8 Å². The van der Waals surface area contributed by atoms with E-state index in [0.717, 1.165) is 37.0 Å². The summed E-state index contributed by atoms with van der Waals surface area (Å²) in [5.74, 6) is 3.18. The number of allylic oxidation sites excluding steroid dienone is 4. The number of ether oxygens (including phenoxy) is 3. The number of rotatable bonds is 15. The third-order valence-corrected chi connectivity index (χ3v) is 9.76. The minimum atomic E-state index is -0.374. The topological polar surface area (TPSA) is 82.8 Å². The molecule has 0 aromatic rings. The summed E-state index contributed by atoms with van der Waals surface area (Å²) < 4.78 is 16.5. The van der Waals surface area contributed by atoms with Gasteiger partial charge in [-0.1, -0.05) is 76.8 Å². The lowest BCUT2D eigenvalue weighted by molar-refractivity contribution is 0.0493. The highest BCUT2D eigenvalue weighted by Gasteiger charge is 2.50. The summed E-state index contributed by atoms with van der Waals surface area (Å²) in [5, 5.41) is 2.80. The highest BCUT2D eigenvalue weighted by molar-refractivity contribution is 5.67. The summed E-state index contributed by atoms with van der Waals surface area (Å²) in [6.45, 7) is 17.0. The van der Waals surface area contributed by atoms with Gasteiger partial charge in [-0.2, -0.15) is 0 Å². The summed E-state index contributed by atoms with van der Waals surface area (Å²) in [6, 6.07) is 0. The molecule has 3 aliphatic carbocycles. The molecule has 6 nitrogen and oxygen atoms in total. The number of nitrogens with two attached hydrogens (primary N) is 1. The van der Waals surface area contributed by atoms with Crippen LogP contribution in [0.1, 0.15) is 98.3 Å². The zero-order valence-corrected chi connectivity index (χ0v) is 26.0. The second-order valence-corrected chi connectivity index (χ2v) is 13.1. The van der Waals surface area contributed by atoms with Gasteiger partial charge in [0.25, 0.3) is 0 Å². The third-order valence-electron chi connectivity index (χ3n) is 9.76. The highest BCUT2D eigenvalue weighted by atomic mass is 16.6. The van der Waals surface area contributed by atoms with Crippen molar-refractivity contribution < 1.29 is 19.0 Å². The Balaban J connectivity index is 1.49. The average Bonchev–Trinajstić information content (AvgIpc) is 3.28. The predicted octanol–water partition coefficient (Wildman–Crippen LogP) is 7.34. The van der Waals surface area contributed by atoms with E-state index >= 15 is 0 Å². The van der Waals surface area contributed by atoms with Crippen molar-refractivity contribution in [2.75, 3.05) is 39.5 Å². The average molecular weight is 559 g/mol. The van der Waals surface area contributed by atoms with Crippen molar-refractivity contribution in [3.8, 4) is 0 Å². The van der Waals surface area contributed by atoms with E-state index < -0.39 is 0 Å². The highest BCUT2D eigenvalue weighted by Crippen LogP contribution is 2.60. The smallest absolute Gasteiger partial charge is 0.407 e. The molecule has 3 aliphatic rings. The Morgan fingerprint density at radius 1 is 1.07 bits per heavy atom. The first-order chi connectivity index (χ1) is 19.2. The number of hydrogen-bond acceptors (Lipinski definition) is 5. The minimum Gasteiger partial charge on any atom is -0.446 e. The van der Waals surface area contributed by atoms with Gasteiger partial charge >= 0.3 is 6.09 Å². The van der Waals surface area contributed by atoms with Gasteiger partial charge in [-0.25, -0.2) is 4.79 Å². The molecule has 40 heavy (non-hydrogen) atoms. The summed E-state index contributed by atoms with van der Waals surface area (Å²) in [5.41, 5.74) is 9.88. The fourth-order valence-electron chi connectivity index (χ4n) is 7.57. The van der Waals surface area contributed by atoms with E-state index in [0.29, 0.717) is 50.8 Å². The SMILES string of the molecule is C=C1CCC(OC(=O)NCCOCCOCCN)CC1=CC=C1CCCC2(C)C1CCC2C(C)CCCC(C)C. The predicted molar refractivity (Wildman–Crippen MR) is 164 cm³/mol. The van der Waals surface area contributed by atoms with Crippen LogP contribution in [0, 0.1) is 29.1 Å². The van der Waals surface area contributed by atoms with E-state index in [2.05, 4.69) is 51.7 Å². The molecule has 228 valence electrons. The van der Waals surface area contributed by atoms with Gasteiger partial charge in [0.05, 0.1) is 26.4 Å². The van der Waals surface area contributed by atoms with Gasteiger partial charge in [-0.3, -0.25) is 0 Å². The Morgan fingerprint density at radius 2 is 1.85 bits per heavy atom. The van der Waals surface area contributed by atoms with E-state index in [9.17, 15) is 4.79 Å². The van der Waals surface area contributed by atoms with E-state index in [1.807, 2.05) is 0 Å². The van der Waals surface area contributed by atoms with Gasteiger partial charge in [0, 0.05) is 19.5 Å². The standard InChI is InChI=1S/C34H58N2O4/c1-25(2)8-6-9-27(4)31-15-16-32-28(10-7-17-34(31,32)5)12-13-29-24-30(14-11-26(29)3)40-33(37)36-19-21-39-23-22-38-20-18-35/h12-13,25,27,30-32H,3,6-11,14-24,35H2,1-2,4-5H3,(H,36,37). The Kier molecular flexibility index (Phi) is 13.7. The lowest BCUT2D eigenvalue weighted by Gasteiger charge is -2.44. The van der Waals surface area contributed by atoms with Gasteiger partial charge < -0.3 is 25.3 Å². The first-order valence-electron chi connectivity index (χ1n) is 16.1. The molecule has 0 aromatic heterocycles. The maximum Gasteiger partial charge on any atom is 0.407 e. The molecule has 3 saturated carbocycles. The summed E-state index contributed by atoms with van der Waals surface area (Å²) in [4.78, 5) is 12.3. The molecule has 0 radical (unpaired) electrons. The van der Waals surface area contributed by atoms with E-state index in [4.69, 9.17) is 19.9 Å². The molecular weight excluding hydrogens is 500 g/mol. The van der Waals surface area contributed by atoms with Crippen LogP contribution in [0.5, 0.6) is 0 Å². The largest absolute Gasteiger partial charge is 0.446 e. The number of nitrogens with one attached hydrogen (secondary N) is 1. The van der Waals surface area contributed by atoms with Crippen LogP contribution in [0.4, 0.5) is 4.79 Å². The molecule has 5 unspecified atom stereocenters. The van der Waals surface area contributed by atoms with Crippen LogP contribution < -0.4 is 11.1 Å². The molecule has 0 spiro atoms. The Hall–Kier alpha value is -1.63. The monoisotopic (exact) mass is 558 g/mol. The molecule has 3 fully saturated rings. The van der Waals surface area contributed by atoms with Crippen molar-refractivity contribution in [1.29, 1.82) is 0 Å². The molecule has 0 aliphatic heterocycles. The van der Waals surface area contributed by atoms with Crippen LogP contribution in [-0.2, 0) is 14.2 Å². The zero-order valence-electron chi connectivity index (χ0n) is 26.0. The Bertz CT molecular complexity index is 866. The fraction of sp³-hybridized carbons (Fsp3) is 0.794. The molecule has 6 heteroatoms. The molecule has 3 N–H and O–H groups in total. The van der Waals surface area contributed by atoms with E-state index in [1.165, 1.54) is 62.5 Å². The molecule has 1 amide bonds. The van der Waals surface area contributed by atoms with Crippen molar-refractivity contribution in [3.05, 3.63) is 35.5 Å². The first-order valence-corrected chi connectivity index (χ1v) is 16.1. The lowest BCUT2D eigenvalue weighted by atomic mass is 9.60. The summed E-state index contributed by atoms with van der Waals surface area (Å²) in [6.07, 6.45) is 17.4. The maximum atomic E-state index is 12.3. The number of carbonyl (C=O) groups is 1.